The summed E-state index contributed by atoms with van der Waals surface area (Å²) in [5.74, 6) is 0.0955. The molecule has 0 amide bonds. The third-order valence-electron chi connectivity index (χ3n) is 3.94. The van der Waals surface area contributed by atoms with E-state index in [0.717, 1.165) is 30.8 Å². The van der Waals surface area contributed by atoms with Gasteiger partial charge in [0.1, 0.15) is 5.75 Å². The zero-order valence-corrected chi connectivity index (χ0v) is 15.7. The average molecular weight is 344 g/mol. The molecule has 1 atom stereocenters. The first-order chi connectivity index (χ1) is 10.4. The van der Waals surface area contributed by atoms with E-state index < -0.39 is 12.1 Å². The minimum Gasteiger partial charge on any atom is -0.479 e. The van der Waals surface area contributed by atoms with Crippen LogP contribution in [0, 0.1) is 6.92 Å². The lowest BCUT2D eigenvalue weighted by molar-refractivity contribution is -0.145. The predicted octanol–water partition coefficient (Wildman–Crippen LogP) is 4.10. The molecule has 0 aliphatic heterocycles. The number of aliphatic carboxylic acids is 1. The SMILES string of the molecule is CCN(CC)CCC(Oc1cc(C)ccc1C(C)C)C(=O)O.Cl. The number of benzene rings is 1. The number of carbonyl (C=O) groups is 1. The van der Waals surface area contributed by atoms with Gasteiger partial charge in [-0.15, -0.1) is 12.4 Å². The molecule has 1 unspecified atom stereocenters. The zero-order chi connectivity index (χ0) is 16.7. The van der Waals surface area contributed by atoms with E-state index >= 15 is 0 Å². The number of carboxylic acid groups (broad SMARTS) is 1. The molecular weight excluding hydrogens is 314 g/mol. The van der Waals surface area contributed by atoms with Crippen molar-refractivity contribution in [3.63, 3.8) is 0 Å². The lowest BCUT2D eigenvalue weighted by Crippen LogP contribution is -2.33. The Hall–Kier alpha value is -1.26. The largest absolute Gasteiger partial charge is 0.479 e. The molecule has 0 heterocycles. The van der Waals surface area contributed by atoms with E-state index in [0.29, 0.717) is 18.1 Å². The molecule has 0 saturated carbocycles. The Morgan fingerprint density at radius 3 is 2.35 bits per heavy atom. The van der Waals surface area contributed by atoms with Gasteiger partial charge in [-0.25, -0.2) is 4.79 Å². The van der Waals surface area contributed by atoms with E-state index in [9.17, 15) is 9.90 Å². The number of hydrogen-bond acceptors (Lipinski definition) is 3. The fraction of sp³-hybridized carbons (Fsp3) is 0.611. The quantitative estimate of drug-likeness (QED) is 0.733. The normalized spacial score (nSPS) is 12.1. The number of carboxylic acids is 1. The summed E-state index contributed by atoms with van der Waals surface area (Å²) in [6.07, 6.45) is -0.317. The van der Waals surface area contributed by atoms with Crippen LogP contribution in [0.4, 0.5) is 0 Å². The smallest absolute Gasteiger partial charge is 0.344 e. The summed E-state index contributed by atoms with van der Waals surface area (Å²) in [5.41, 5.74) is 2.13. The Balaban J connectivity index is 0.00000484. The standard InChI is InChI=1S/C18H29NO3.ClH/c1-6-19(7-2)11-10-16(18(20)21)22-17-12-14(5)8-9-15(17)13(3)4;/h8-9,12-13,16H,6-7,10-11H2,1-5H3,(H,20,21);1H. The van der Waals surface area contributed by atoms with Crippen LogP contribution in [0.5, 0.6) is 5.75 Å². The number of hydrogen-bond donors (Lipinski definition) is 1. The molecule has 1 N–H and O–H groups in total. The van der Waals surface area contributed by atoms with Gasteiger partial charge in [0.15, 0.2) is 6.10 Å². The van der Waals surface area contributed by atoms with E-state index in [-0.39, 0.29) is 12.4 Å². The Morgan fingerprint density at radius 2 is 1.87 bits per heavy atom. The molecule has 1 aromatic rings. The fourth-order valence-electron chi connectivity index (χ4n) is 2.45. The predicted molar refractivity (Wildman–Crippen MR) is 97.0 cm³/mol. The maximum atomic E-state index is 11.5. The number of rotatable bonds is 9. The molecule has 0 radical (unpaired) electrons. The van der Waals surface area contributed by atoms with Crippen LogP contribution in [-0.4, -0.2) is 41.7 Å². The van der Waals surface area contributed by atoms with Crippen LogP contribution in [0.2, 0.25) is 0 Å². The van der Waals surface area contributed by atoms with Crippen LogP contribution in [0.15, 0.2) is 18.2 Å². The third-order valence-corrected chi connectivity index (χ3v) is 3.94. The molecular formula is C18H30ClNO3. The molecule has 0 bridgehead atoms. The van der Waals surface area contributed by atoms with Crippen molar-refractivity contribution in [3.8, 4) is 5.75 Å². The molecule has 1 rings (SSSR count). The van der Waals surface area contributed by atoms with Crippen molar-refractivity contribution in [2.24, 2.45) is 0 Å². The number of aryl methyl sites for hydroxylation is 1. The lowest BCUT2D eigenvalue weighted by atomic mass is 10.0. The molecule has 0 aromatic heterocycles. The lowest BCUT2D eigenvalue weighted by Gasteiger charge is -2.23. The first-order valence-corrected chi connectivity index (χ1v) is 8.11. The summed E-state index contributed by atoms with van der Waals surface area (Å²) in [5, 5.41) is 9.45. The van der Waals surface area contributed by atoms with Gasteiger partial charge in [-0.1, -0.05) is 39.8 Å². The topological polar surface area (TPSA) is 49.8 Å². The third kappa shape index (κ3) is 6.80. The highest BCUT2D eigenvalue weighted by molar-refractivity contribution is 5.85. The Bertz CT molecular complexity index is 487. The summed E-state index contributed by atoms with van der Waals surface area (Å²) < 4.78 is 5.86. The number of nitrogens with zero attached hydrogens (tertiary/aromatic N) is 1. The van der Waals surface area contributed by atoms with Gasteiger partial charge >= 0.3 is 5.97 Å². The summed E-state index contributed by atoms with van der Waals surface area (Å²) in [6.45, 7) is 12.9. The van der Waals surface area contributed by atoms with Crippen LogP contribution in [-0.2, 0) is 4.79 Å². The minimum atomic E-state index is -0.900. The summed E-state index contributed by atoms with van der Waals surface area (Å²) >= 11 is 0. The second-order valence-electron chi connectivity index (χ2n) is 5.96. The zero-order valence-electron chi connectivity index (χ0n) is 14.8. The van der Waals surface area contributed by atoms with Gasteiger partial charge in [-0.3, -0.25) is 0 Å². The number of halogens is 1. The van der Waals surface area contributed by atoms with Crippen molar-refractivity contribution >= 4 is 18.4 Å². The fourth-order valence-corrected chi connectivity index (χ4v) is 2.45. The van der Waals surface area contributed by atoms with Crippen molar-refractivity contribution in [1.82, 2.24) is 4.90 Å². The molecule has 23 heavy (non-hydrogen) atoms. The van der Waals surface area contributed by atoms with Gasteiger partial charge in [0.2, 0.25) is 0 Å². The van der Waals surface area contributed by atoms with Crippen molar-refractivity contribution in [2.45, 2.75) is 53.1 Å². The Kier molecular flexibility index (Phi) is 9.93. The summed E-state index contributed by atoms with van der Waals surface area (Å²) in [6, 6.07) is 6.00. The monoisotopic (exact) mass is 343 g/mol. The van der Waals surface area contributed by atoms with E-state index in [4.69, 9.17) is 4.74 Å². The van der Waals surface area contributed by atoms with Gasteiger partial charge in [0.25, 0.3) is 0 Å². The van der Waals surface area contributed by atoms with Crippen LogP contribution in [0.3, 0.4) is 0 Å². The minimum absolute atomic E-state index is 0. The molecule has 0 saturated heterocycles. The van der Waals surface area contributed by atoms with Crippen molar-refractivity contribution < 1.29 is 14.6 Å². The Morgan fingerprint density at radius 1 is 1.26 bits per heavy atom. The van der Waals surface area contributed by atoms with Gasteiger partial charge in [-0.2, -0.15) is 0 Å². The molecule has 132 valence electrons. The molecule has 4 nitrogen and oxygen atoms in total. The molecule has 1 aromatic carbocycles. The highest BCUT2D eigenvalue weighted by atomic mass is 35.5. The van der Waals surface area contributed by atoms with Gasteiger partial charge in [0, 0.05) is 13.0 Å². The Labute approximate surface area is 146 Å². The van der Waals surface area contributed by atoms with Gasteiger partial charge in [-0.05, 0) is 43.1 Å². The van der Waals surface area contributed by atoms with Crippen LogP contribution in [0.25, 0.3) is 0 Å². The molecule has 0 aliphatic carbocycles. The van der Waals surface area contributed by atoms with Crippen LogP contribution in [0.1, 0.15) is 51.2 Å². The molecule has 0 fully saturated rings. The van der Waals surface area contributed by atoms with Gasteiger partial charge in [0.05, 0.1) is 0 Å². The van der Waals surface area contributed by atoms with E-state index in [2.05, 4.69) is 32.6 Å². The van der Waals surface area contributed by atoms with E-state index in [1.807, 2.05) is 25.1 Å². The first kappa shape index (κ1) is 21.7. The first-order valence-electron chi connectivity index (χ1n) is 8.11. The molecule has 0 spiro atoms. The highest BCUT2D eigenvalue weighted by Gasteiger charge is 2.22. The maximum absolute atomic E-state index is 11.5. The molecule has 0 aliphatic rings. The van der Waals surface area contributed by atoms with E-state index in [1.165, 1.54) is 0 Å². The van der Waals surface area contributed by atoms with E-state index in [1.54, 1.807) is 0 Å². The second-order valence-corrected chi connectivity index (χ2v) is 5.96. The average Bonchev–Trinajstić information content (AvgIpc) is 2.46. The summed E-state index contributed by atoms with van der Waals surface area (Å²) in [4.78, 5) is 13.7. The van der Waals surface area contributed by atoms with Crippen LogP contribution >= 0.6 is 12.4 Å². The highest BCUT2D eigenvalue weighted by Crippen LogP contribution is 2.28. The second kappa shape index (κ2) is 10.5. The van der Waals surface area contributed by atoms with Crippen molar-refractivity contribution in [3.05, 3.63) is 29.3 Å². The van der Waals surface area contributed by atoms with Crippen molar-refractivity contribution in [1.29, 1.82) is 0 Å². The number of ether oxygens (including phenoxy) is 1. The maximum Gasteiger partial charge on any atom is 0.344 e. The summed E-state index contributed by atoms with van der Waals surface area (Å²) in [7, 11) is 0. The van der Waals surface area contributed by atoms with Gasteiger partial charge < -0.3 is 14.7 Å². The van der Waals surface area contributed by atoms with Crippen molar-refractivity contribution in [2.75, 3.05) is 19.6 Å². The van der Waals surface area contributed by atoms with Crippen LogP contribution < -0.4 is 4.74 Å². The molecule has 5 heteroatoms.